The number of amides is 3. The van der Waals surface area contributed by atoms with Crippen molar-refractivity contribution in [2.75, 3.05) is 13.1 Å². The summed E-state index contributed by atoms with van der Waals surface area (Å²) in [5.41, 5.74) is 5.46. The second kappa shape index (κ2) is 6.48. The van der Waals surface area contributed by atoms with Crippen molar-refractivity contribution in [1.82, 2.24) is 10.3 Å². The molecule has 0 saturated heterocycles. The highest BCUT2D eigenvalue weighted by Gasteiger charge is 2.16. The predicted octanol–water partition coefficient (Wildman–Crippen LogP) is -1.40. The van der Waals surface area contributed by atoms with E-state index in [0.717, 1.165) is 0 Å². The van der Waals surface area contributed by atoms with Crippen LogP contribution in [0.15, 0.2) is 30.3 Å². The van der Waals surface area contributed by atoms with Gasteiger partial charge in [0.15, 0.2) is 0 Å². The maximum absolute atomic E-state index is 11.6. The zero-order valence-electron chi connectivity index (χ0n) is 9.63. The number of rotatable bonds is 4. The van der Waals surface area contributed by atoms with Crippen LogP contribution >= 0.6 is 0 Å². The molecule has 0 radical (unpaired) electrons. The quantitative estimate of drug-likeness (QED) is 0.345. The molecule has 7 heteroatoms. The molecule has 0 spiro atoms. The Balaban J connectivity index is 2.49. The zero-order valence-corrected chi connectivity index (χ0v) is 9.63. The number of hydrazine groups is 1. The van der Waals surface area contributed by atoms with Gasteiger partial charge < -0.3 is 11.1 Å². The third kappa shape index (κ3) is 3.65. The van der Waals surface area contributed by atoms with E-state index in [9.17, 15) is 14.4 Å². The number of hydrogen-bond acceptors (Lipinski definition) is 5. The monoisotopic (exact) mass is 250 g/mol. The first-order chi connectivity index (χ1) is 8.56. The van der Waals surface area contributed by atoms with Crippen LogP contribution in [0.4, 0.5) is 0 Å². The first kappa shape index (κ1) is 13.8. The van der Waals surface area contributed by atoms with E-state index < -0.39 is 17.7 Å². The Bertz CT molecular complexity index is 447. The fourth-order valence-electron chi connectivity index (χ4n) is 1.17. The highest BCUT2D eigenvalue weighted by Crippen LogP contribution is 1.97. The summed E-state index contributed by atoms with van der Waals surface area (Å²) in [4.78, 5) is 34.0. The van der Waals surface area contributed by atoms with Crippen LogP contribution in [0.25, 0.3) is 0 Å². The Morgan fingerprint density at radius 3 is 2.28 bits per heavy atom. The van der Waals surface area contributed by atoms with Gasteiger partial charge in [-0.3, -0.25) is 14.4 Å². The molecule has 7 nitrogen and oxygen atoms in total. The number of nitrogens with zero attached hydrogens (tertiary/aromatic N) is 1. The summed E-state index contributed by atoms with van der Waals surface area (Å²) in [6.45, 7) is -0.731. The van der Waals surface area contributed by atoms with Gasteiger partial charge in [-0.1, -0.05) is 18.2 Å². The van der Waals surface area contributed by atoms with Gasteiger partial charge in [-0.05, 0) is 12.1 Å². The largest absolute Gasteiger partial charge is 0.343 e. The van der Waals surface area contributed by atoms with Crippen molar-refractivity contribution in [1.29, 1.82) is 0 Å². The molecule has 18 heavy (non-hydrogen) atoms. The maximum Gasteiger partial charge on any atom is 0.262 e. The van der Waals surface area contributed by atoms with Crippen LogP contribution in [0.5, 0.6) is 0 Å². The van der Waals surface area contributed by atoms with Crippen LogP contribution in [-0.2, 0) is 9.59 Å². The zero-order chi connectivity index (χ0) is 13.5. The van der Waals surface area contributed by atoms with Gasteiger partial charge in [0.2, 0.25) is 0 Å². The molecule has 1 aromatic rings. The average Bonchev–Trinajstić information content (AvgIpc) is 2.43. The van der Waals surface area contributed by atoms with Gasteiger partial charge in [-0.15, -0.1) is 0 Å². The summed E-state index contributed by atoms with van der Waals surface area (Å²) in [5.74, 6) is 3.34. The standard InChI is InChI=1S/C11H14N4O3/c12-6-9(16)15(13)10(17)7-14-11(18)8-4-2-1-3-5-8/h1-5H,6-7,12-13H2,(H,14,18). The van der Waals surface area contributed by atoms with E-state index in [1.807, 2.05) is 0 Å². The lowest BCUT2D eigenvalue weighted by atomic mass is 10.2. The highest BCUT2D eigenvalue weighted by molar-refractivity contribution is 6.00. The fourth-order valence-corrected chi connectivity index (χ4v) is 1.17. The summed E-state index contributed by atoms with van der Waals surface area (Å²) < 4.78 is 0. The van der Waals surface area contributed by atoms with Crippen molar-refractivity contribution in [2.24, 2.45) is 11.6 Å². The molecule has 0 aliphatic carbocycles. The number of hydrogen-bond donors (Lipinski definition) is 3. The molecule has 0 saturated carbocycles. The molecule has 0 unspecified atom stereocenters. The van der Waals surface area contributed by atoms with E-state index in [1.165, 1.54) is 0 Å². The summed E-state index contributed by atoms with van der Waals surface area (Å²) in [7, 11) is 0. The van der Waals surface area contributed by atoms with Crippen molar-refractivity contribution >= 4 is 17.7 Å². The minimum Gasteiger partial charge on any atom is -0.343 e. The smallest absolute Gasteiger partial charge is 0.262 e. The Labute approximate surface area is 104 Å². The van der Waals surface area contributed by atoms with Gasteiger partial charge >= 0.3 is 0 Å². The van der Waals surface area contributed by atoms with Crippen molar-refractivity contribution in [3.63, 3.8) is 0 Å². The maximum atomic E-state index is 11.6. The van der Waals surface area contributed by atoms with Crippen molar-refractivity contribution in [2.45, 2.75) is 0 Å². The first-order valence-corrected chi connectivity index (χ1v) is 5.20. The van der Waals surface area contributed by atoms with E-state index >= 15 is 0 Å². The van der Waals surface area contributed by atoms with Gasteiger partial charge in [0.25, 0.3) is 17.7 Å². The number of imide groups is 1. The Hall–Kier alpha value is -2.25. The molecule has 0 aliphatic rings. The topological polar surface area (TPSA) is 119 Å². The fraction of sp³-hybridized carbons (Fsp3) is 0.182. The van der Waals surface area contributed by atoms with Crippen molar-refractivity contribution in [3.05, 3.63) is 35.9 Å². The van der Waals surface area contributed by atoms with E-state index in [2.05, 4.69) is 5.32 Å². The molecular weight excluding hydrogens is 236 g/mol. The second-order valence-corrected chi connectivity index (χ2v) is 3.41. The van der Waals surface area contributed by atoms with Crippen molar-refractivity contribution in [3.8, 4) is 0 Å². The molecule has 0 heterocycles. The van der Waals surface area contributed by atoms with E-state index in [4.69, 9.17) is 11.6 Å². The first-order valence-electron chi connectivity index (χ1n) is 5.20. The summed E-state index contributed by atoms with van der Waals surface area (Å²) in [6, 6.07) is 8.37. The van der Waals surface area contributed by atoms with Crippen LogP contribution in [0, 0.1) is 0 Å². The minimum absolute atomic E-state index is 0.365. The molecular formula is C11H14N4O3. The predicted molar refractivity (Wildman–Crippen MR) is 63.9 cm³/mol. The van der Waals surface area contributed by atoms with Gasteiger partial charge in [-0.25, -0.2) is 10.9 Å². The number of carbonyl (C=O) groups excluding carboxylic acids is 3. The molecule has 0 aromatic heterocycles. The van der Waals surface area contributed by atoms with Crippen LogP contribution in [0.1, 0.15) is 10.4 Å². The van der Waals surface area contributed by atoms with Gasteiger partial charge in [0.1, 0.15) is 0 Å². The lowest BCUT2D eigenvalue weighted by molar-refractivity contribution is -0.143. The SMILES string of the molecule is NCC(=O)N(N)C(=O)CNC(=O)c1ccccc1. The van der Waals surface area contributed by atoms with Crippen LogP contribution in [0.2, 0.25) is 0 Å². The lowest BCUT2D eigenvalue weighted by Gasteiger charge is -2.13. The number of carbonyl (C=O) groups is 3. The normalized spacial score (nSPS) is 9.67. The Kier molecular flexibility index (Phi) is 4.97. The molecule has 0 fully saturated rings. The van der Waals surface area contributed by atoms with Gasteiger partial charge in [0, 0.05) is 5.56 Å². The molecule has 0 atom stereocenters. The van der Waals surface area contributed by atoms with E-state index in [-0.39, 0.29) is 13.1 Å². The molecule has 0 bridgehead atoms. The van der Waals surface area contributed by atoms with Gasteiger partial charge in [0.05, 0.1) is 13.1 Å². The molecule has 96 valence electrons. The number of nitrogens with two attached hydrogens (primary N) is 2. The van der Waals surface area contributed by atoms with Crippen LogP contribution < -0.4 is 16.9 Å². The van der Waals surface area contributed by atoms with Crippen LogP contribution in [-0.4, -0.2) is 35.8 Å². The molecule has 1 aromatic carbocycles. The third-order valence-corrected chi connectivity index (χ3v) is 2.15. The lowest BCUT2D eigenvalue weighted by Crippen LogP contribution is -2.49. The summed E-state index contributed by atoms with van der Waals surface area (Å²) in [5, 5.41) is 2.75. The third-order valence-electron chi connectivity index (χ3n) is 2.15. The minimum atomic E-state index is -0.727. The summed E-state index contributed by atoms with van der Waals surface area (Å²) in [6.07, 6.45) is 0. The molecule has 3 amide bonds. The Morgan fingerprint density at radius 2 is 1.72 bits per heavy atom. The second-order valence-electron chi connectivity index (χ2n) is 3.41. The van der Waals surface area contributed by atoms with E-state index in [1.54, 1.807) is 30.3 Å². The Morgan fingerprint density at radius 1 is 1.11 bits per heavy atom. The number of benzene rings is 1. The van der Waals surface area contributed by atoms with Gasteiger partial charge in [-0.2, -0.15) is 0 Å². The van der Waals surface area contributed by atoms with Crippen LogP contribution in [0.3, 0.4) is 0 Å². The number of nitrogens with one attached hydrogen (secondary N) is 1. The van der Waals surface area contributed by atoms with E-state index in [0.29, 0.717) is 10.6 Å². The summed E-state index contributed by atoms with van der Waals surface area (Å²) >= 11 is 0. The highest BCUT2D eigenvalue weighted by atomic mass is 16.2. The average molecular weight is 250 g/mol. The van der Waals surface area contributed by atoms with Crippen molar-refractivity contribution < 1.29 is 14.4 Å². The molecule has 5 N–H and O–H groups in total. The molecule has 0 aliphatic heterocycles. The molecule has 1 rings (SSSR count).